The Morgan fingerprint density at radius 2 is 0.168 bits per heavy atom. The molecule has 0 aliphatic carbocycles. The first-order valence-corrected chi connectivity index (χ1v) is 215. The van der Waals surface area contributed by atoms with Gasteiger partial charge in [0, 0.05) is 0 Å². The maximum Gasteiger partial charge on any atom is 0.0860 e. The van der Waals surface area contributed by atoms with E-state index in [0.29, 0.717) is 0 Å². The van der Waals surface area contributed by atoms with Crippen LogP contribution in [0.3, 0.4) is 0 Å². The van der Waals surface area contributed by atoms with Crippen molar-refractivity contribution in [1.29, 1.82) is 0 Å². The zero-order valence-electron chi connectivity index (χ0n) is 55.1. The van der Waals surface area contributed by atoms with Crippen molar-refractivity contribution in [1.82, 2.24) is 0 Å². The van der Waals surface area contributed by atoms with Crippen LogP contribution >= 0.6 is 849 Å². The molecule has 107 heavy (non-hydrogen) atoms. The van der Waals surface area contributed by atoms with Crippen LogP contribution in [-0.2, 0) is 0 Å². The molecule has 106 heteroatoms. The molecule has 0 aromatic heterocycles. The van der Waals surface area contributed by atoms with Gasteiger partial charge in [0.25, 0.3) is 0 Å². The molecule has 0 aromatic rings. The zero-order valence-corrected chi connectivity index (χ0v) is 164. The highest BCUT2D eigenvalue weighted by Gasteiger charge is 2.77. The molecule has 0 radical (unpaired) electrons. The number of hydrogen-bond donors (Lipinski definition) is 0. The Morgan fingerprint density at radius 1 is 0.0841 bits per heavy atom. The van der Waals surface area contributed by atoms with Gasteiger partial charge in [-0.3, -0.25) is 0 Å². The van der Waals surface area contributed by atoms with E-state index in [2.05, 4.69) is 491 Å². The molecule has 0 nitrogen and oxygen atoms in total. The minimum atomic E-state index is -0.862. The normalized spacial score (nSPS) is 15.6. The van der Waals surface area contributed by atoms with Crippen molar-refractivity contribution in [2.45, 2.75) is 4.38 Å². The molecular weight excluding hydrogens is 3300 g/mol. The number of hydrogen-bond acceptors (Lipinski definition) is 0. The maximum atomic E-state index is 4.20. The van der Waals surface area contributed by atoms with Crippen molar-refractivity contribution in [2.75, 3.05) is 0 Å². The fourth-order valence-electron chi connectivity index (χ4n) is 7.15. The van der Waals surface area contributed by atoms with E-state index in [9.17, 15) is 0 Å². The molecule has 0 saturated carbocycles. The molecule has 58 unspecified atom stereocenters. The Kier molecular flexibility index (Phi) is 117. The Labute approximate surface area is 839 Å². The molecule has 0 bridgehead atoms. The summed E-state index contributed by atoms with van der Waals surface area (Å²) >= 11 is 0. The van der Waals surface area contributed by atoms with Crippen molar-refractivity contribution in [3.8, 4) is 0 Å². The van der Waals surface area contributed by atoms with Gasteiger partial charge in [-0.15, -0.1) is 491 Å². The first-order valence-electron chi connectivity index (χ1n) is 24.5. The van der Waals surface area contributed by atoms with E-state index in [4.69, 9.17) is 0 Å². The van der Waals surface area contributed by atoms with Crippen LogP contribution in [0.4, 0.5) is 0 Å². The highest BCUT2D eigenvalue weighted by Crippen LogP contribution is 3.52. The highest BCUT2D eigenvalue weighted by atomic mass is 33.5. The minimum absolute atomic E-state index is 0.146. The lowest BCUT2D eigenvalue weighted by Gasteiger charge is -2.72. The Balaban J connectivity index is 16.3. The summed E-state index contributed by atoms with van der Waals surface area (Å²) in [5, 5.41) is 0. The predicted molar refractivity (Wildman–Crippen MR) is 890 cm³/mol. The van der Waals surface area contributed by atoms with Gasteiger partial charge in [0.05, 0.1) is 4.38 Å². The minimum Gasteiger partial charge on any atom is -0.102 e. The lowest BCUT2D eigenvalue weighted by atomic mass is 11.8. The quantitative estimate of drug-likeness (QED) is 0.0533. The summed E-state index contributed by atoms with van der Waals surface area (Å²) in [5.74, 6) is 0. The van der Waals surface area contributed by atoms with Crippen molar-refractivity contribution >= 4 is 849 Å². The third-order valence-corrected chi connectivity index (χ3v) is 712. The van der Waals surface area contributed by atoms with Gasteiger partial charge in [-0.25, -0.2) is 0 Å². The van der Waals surface area contributed by atoms with Gasteiger partial charge in [0.1, 0.15) is 0 Å². The lowest BCUT2D eigenvalue weighted by Crippen LogP contribution is -2.15. The lowest BCUT2D eigenvalue weighted by molar-refractivity contribution is 1.87. The number of rotatable bonds is 51. The summed E-state index contributed by atoms with van der Waals surface area (Å²) in [4.78, 5) is 0. The third-order valence-electron chi connectivity index (χ3n) is 9.98. The molecule has 0 aromatic carbocycles. The predicted octanol–water partition coefficient (Wildman–Crippen LogP) is 61.6. The van der Waals surface area contributed by atoms with Crippen LogP contribution in [-0.4, -0.2) is 4.38 Å². The van der Waals surface area contributed by atoms with E-state index in [0.717, 1.165) is 0 Å². The average Bonchev–Trinajstić information content (AvgIpc) is 3.43. The molecule has 644 valence electrons. The molecule has 58 atom stereocenters. The third kappa shape index (κ3) is 51.1. The van der Waals surface area contributed by atoms with E-state index < -0.39 is 358 Å². The summed E-state index contributed by atoms with van der Waals surface area (Å²) in [5.41, 5.74) is 0. The highest BCUT2D eigenvalue weighted by molar-refractivity contribution is 9.49. The van der Waals surface area contributed by atoms with Crippen molar-refractivity contribution in [3.05, 3.63) is 0 Å². The maximum absolute atomic E-state index is 4.20. The van der Waals surface area contributed by atoms with Crippen molar-refractivity contribution < 1.29 is 0 Å². The zero-order chi connectivity index (χ0) is 84.9. The van der Waals surface area contributed by atoms with E-state index in [1.165, 1.54) is 0 Å². The van der Waals surface area contributed by atoms with Crippen LogP contribution in [0.2, 0.25) is 0 Å². The van der Waals surface area contributed by atoms with E-state index in [-0.39, 0.29) is 4.38 Å². The van der Waals surface area contributed by atoms with Gasteiger partial charge in [0.15, 0.2) is 0 Å². The van der Waals surface area contributed by atoms with Crippen LogP contribution in [0.25, 0.3) is 0 Å². The largest absolute Gasteiger partial charge is 0.102 e. The van der Waals surface area contributed by atoms with Gasteiger partial charge in [-0.2, -0.15) is 0 Å². The van der Waals surface area contributed by atoms with Gasteiger partial charge in [-0.05, 0) is 358 Å². The standard InChI is InChI=1S/CH110P106/c2-61(3)88(56)91(97(66(12)13)67(14)15)58(92(98(68(16)17)69(18)19)99(70(20)21)71(22)23)1(57(89(62(4)5)63(6)7)90(64(8)9)65(10)11,59(93(100(72(24)25)73(26)27)101(74(28)29)75(30)31)94(102(76(32)33)77(34)35)103(78(36)37)79(38)39)60(95(104(80(40)41)81(42)43)105(82(44)45)83(46)47)96(106(84(48)49)85(50)51)107(86(52)53)87(54)55/h2-56H2. The second-order valence-corrected chi connectivity index (χ2v) is 446. The smallest absolute Gasteiger partial charge is 0.0860 e. The van der Waals surface area contributed by atoms with Crippen LogP contribution in [0.15, 0.2) is 0 Å². The molecule has 0 saturated heterocycles. The SMILES string of the molecule is PP(P)P(P)P(P(P(P)P)P(P)P)P(P(P(P(P)P)P(P)P)P(P(P)P)P(P)P)C(P(P(P(P)P)P(P)P)P(P(P)P)P(P)P)(P(P(P(P(P)P)P(P)P)P(P(P)P)P(P)P)P(P(P(P)P)P(P)P)P(P(P)P)P(P)P)P(P(P(P(P)P)P(P)P)P(P(P)P)P(P)P)P(P(P(P)P)P(P)P)P(P(P)P)P(P)P. The first kappa shape index (κ1) is 153. The summed E-state index contributed by atoms with van der Waals surface area (Å²) in [6.45, 7) is -26.6. The topological polar surface area (TPSA) is 0 Å². The van der Waals surface area contributed by atoms with Gasteiger partial charge in [0.2, 0.25) is 0 Å². The molecule has 0 heterocycles. The second kappa shape index (κ2) is 82.1. The fourth-order valence-corrected chi connectivity index (χ4v) is 1390. The Hall–Kier alpha value is 45.6. The van der Waals surface area contributed by atoms with Crippen molar-refractivity contribution in [2.24, 2.45) is 0 Å². The molecular formula is CH110P106. The summed E-state index contributed by atoms with van der Waals surface area (Å²) in [6.07, 6.45) is 0. The fraction of sp³-hybridized carbons (Fsp3) is 1.00. The Morgan fingerprint density at radius 3 is 0.262 bits per heavy atom. The van der Waals surface area contributed by atoms with Crippen LogP contribution < -0.4 is 0 Å². The van der Waals surface area contributed by atoms with E-state index >= 15 is 0 Å². The summed E-state index contributed by atoms with van der Waals surface area (Å²) in [6, 6.07) is 0. The average molecular weight is 3410 g/mol. The molecule has 0 aliphatic rings. The van der Waals surface area contributed by atoms with Gasteiger partial charge < -0.3 is 0 Å². The summed E-state index contributed by atoms with van der Waals surface area (Å²) < 4.78 is 0.146. The first-order chi connectivity index (χ1) is 48.6. The van der Waals surface area contributed by atoms with Crippen molar-refractivity contribution in [3.63, 3.8) is 0 Å². The van der Waals surface area contributed by atoms with Crippen LogP contribution in [0, 0.1) is 0 Å². The molecule has 0 aliphatic heterocycles. The Bertz CT molecular complexity index is 1870. The van der Waals surface area contributed by atoms with E-state index in [1.54, 1.807) is 0 Å². The van der Waals surface area contributed by atoms with Gasteiger partial charge >= 0.3 is 0 Å². The van der Waals surface area contributed by atoms with Crippen LogP contribution in [0.1, 0.15) is 0 Å². The molecule has 0 rings (SSSR count). The molecule has 0 spiro atoms. The second-order valence-electron chi connectivity index (χ2n) is 17.4. The van der Waals surface area contributed by atoms with Gasteiger partial charge in [-0.1, -0.05) is 0 Å². The molecule has 0 fully saturated rings. The van der Waals surface area contributed by atoms with Crippen LogP contribution in [0.5, 0.6) is 0 Å². The monoisotopic (exact) mass is 3410 g/mol. The molecule has 0 N–H and O–H groups in total. The van der Waals surface area contributed by atoms with E-state index in [1.807, 2.05) is 0 Å². The summed E-state index contributed by atoms with van der Waals surface area (Å²) in [7, 11) is 211. The molecule has 0 amide bonds.